The Hall–Kier alpha value is -2.86. The molecular weight excluding hydrogens is 334 g/mol. The normalized spacial score (nSPS) is 11.9. The number of hydrogen-bond donors (Lipinski definition) is 4. The van der Waals surface area contributed by atoms with Crippen molar-refractivity contribution >= 4 is 11.8 Å². The number of ketones is 1. The second kappa shape index (κ2) is 9.01. The van der Waals surface area contributed by atoms with E-state index in [1.807, 2.05) is 24.3 Å². The molecule has 0 heterocycles. The van der Waals surface area contributed by atoms with Gasteiger partial charge in [-0.1, -0.05) is 24.3 Å². The summed E-state index contributed by atoms with van der Waals surface area (Å²) in [5.74, 6) is -1.36. The van der Waals surface area contributed by atoms with Crippen molar-refractivity contribution in [3.8, 4) is 11.5 Å². The monoisotopic (exact) mass is 357 g/mol. The second-order valence-corrected chi connectivity index (χ2v) is 6.16. The molecule has 138 valence electrons. The number of carboxylic acids is 1. The van der Waals surface area contributed by atoms with Crippen LogP contribution in [0.3, 0.4) is 0 Å². The molecule has 2 rings (SSSR count). The molecule has 0 aliphatic heterocycles. The topological polar surface area (TPSA) is 107 Å². The van der Waals surface area contributed by atoms with Crippen LogP contribution in [0.4, 0.5) is 0 Å². The SMILES string of the molecule is CNC(CC(=O)c1ccc(O)cc1O)c1ccc(CCCC(=O)O)cc1. The molecule has 0 saturated heterocycles. The Labute approximate surface area is 152 Å². The van der Waals surface area contributed by atoms with Crippen molar-refractivity contribution in [2.75, 3.05) is 7.05 Å². The highest BCUT2D eigenvalue weighted by molar-refractivity contribution is 5.99. The number of aryl methyl sites for hydroxylation is 1. The van der Waals surface area contributed by atoms with E-state index in [1.54, 1.807) is 7.05 Å². The van der Waals surface area contributed by atoms with Crippen molar-refractivity contribution in [2.45, 2.75) is 31.7 Å². The Balaban J connectivity index is 2.03. The van der Waals surface area contributed by atoms with E-state index in [-0.39, 0.29) is 41.7 Å². The fraction of sp³-hybridized carbons (Fsp3) is 0.300. The number of carbonyl (C=O) groups is 2. The first kappa shape index (κ1) is 19.5. The summed E-state index contributed by atoms with van der Waals surface area (Å²) in [6, 6.07) is 11.4. The summed E-state index contributed by atoms with van der Waals surface area (Å²) >= 11 is 0. The van der Waals surface area contributed by atoms with Gasteiger partial charge >= 0.3 is 5.97 Å². The summed E-state index contributed by atoms with van der Waals surface area (Å²) < 4.78 is 0. The Kier molecular flexibility index (Phi) is 6.74. The van der Waals surface area contributed by atoms with Crippen molar-refractivity contribution in [3.05, 3.63) is 59.2 Å². The number of Topliss-reactive ketones (excluding diaryl/α,β-unsaturated/α-hetero) is 1. The minimum Gasteiger partial charge on any atom is -0.508 e. The van der Waals surface area contributed by atoms with Gasteiger partial charge in [0.15, 0.2) is 5.78 Å². The highest BCUT2D eigenvalue weighted by atomic mass is 16.4. The van der Waals surface area contributed by atoms with Gasteiger partial charge < -0.3 is 20.6 Å². The van der Waals surface area contributed by atoms with Crippen LogP contribution in [0.5, 0.6) is 11.5 Å². The van der Waals surface area contributed by atoms with Crippen LogP contribution < -0.4 is 5.32 Å². The molecule has 6 heteroatoms. The molecule has 0 aliphatic carbocycles. The Bertz CT molecular complexity index is 770. The lowest BCUT2D eigenvalue weighted by Gasteiger charge is -2.17. The molecule has 0 fully saturated rings. The Morgan fingerprint density at radius 2 is 1.77 bits per heavy atom. The number of nitrogens with one attached hydrogen (secondary N) is 1. The van der Waals surface area contributed by atoms with Crippen molar-refractivity contribution in [2.24, 2.45) is 0 Å². The smallest absolute Gasteiger partial charge is 0.303 e. The lowest BCUT2D eigenvalue weighted by atomic mass is 9.96. The summed E-state index contributed by atoms with van der Waals surface area (Å²) in [4.78, 5) is 23.0. The van der Waals surface area contributed by atoms with Gasteiger partial charge in [-0.2, -0.15) is 0 Å². The Morgan fingerprint density at radius 3 is 2.35 bits per heavy atom. The lowest BCUT2D eigenvalue weighted by molar-refractivity contribution is -0.137. The van der Waals surface area contributed by atoms with Crippen LogP contribution in [0.1, 0.15) is 46.8 Å². The third-order valence-corrected chi connectivity index (χ3v) is 4.26. The van der Waals surface area contributed by atoms with E-state index in [0.717, 1.165) is 17.2 Å². The molecule has 6 nitrogen and oxygen atoms in total. The van der Waals surface area contributed by atoms with E-state index in [0.29, 0.717) is 12.8 Å². The number of rotatable bonds is 9. The van der Waals surface area contributed by atoms with Crippen LogP contribution in [-0.2, 0) is 11.2 Å². The van der Waals surface area contributed by atoms with Crippen LogP contribution in [0.2, 0.25) is 0 Å². The minimum absolute atomic E-state index is 0.0947. The quantitative estimate of drug-likeness (QED) is 0.514. The zero-order chi connectivity index (χ0) is 19.1. The van der Waals surface area contributed by atoms with Gasteiger partial charge in [0.1, 0.15) is 11.5 Å². The third kappa shape index (κ3) is 5.32. The predicted octanol–water partition coefficient (Wildman–Crippen LogP) is 3.04. The highest BCUT2D eigenvalue weighted by Crippen LogP contribution is 2.26. The number of hydrogen-bond acceptors (Lipinski definition) is 5. The zero-order valence-corrected chi connectivity index (χ0v) is 14.6. The number of benzene rings is 2. The number of aromatic hydroxyl groups is 2. The van der Waals surface area contributed by atoms with Crippen LogP contribution in [0.15, 0.2) is 42.5 Å². The maximum absolute atomic E-state index is 12.5. The number of aliphatic carboxylic acids is 1. The summed E-state index contributed by atoms with van der Waals surface area (Å²) in [5, 5.41) is 30.9. The first-order chi connectivity index (χ1) is 12.4. The van der Waals surface area contributed by atoms with Gasteiger partial charge in [-0.25, -0.2) is 0 Å². The molecule has 1 unspecified atom stereocenters. The van der Waals surface area contributed by atoms with Crippen LogP contribution in [0.25, 0.3) is 0 Å². The van der Waals surface area contributed by atoms with Crippen molar-refractivity contribution in [1.82, 2.24) is 5.32 Å². The molecule has 4 N–H and O–H groups in total. The van der Waals surface area contributed by atoms with Gasteiger partial charge in [-0.15, -0.1) is 0 Å². The average molecular weight is 357 g/mol. The average Bonchev–Trinajstić information content (AvgIpc) is 2.60. The molecule has 2 aromatic carbocycles. The molecule has 2 aromatic rings. The van der Waals surface area contributed by atoms with Gasteiger partial charge in [0.25, 0.3) is 0 Å². The van der Waals surface area contributed by atoms with E-state index in [4.69, 9.17) is 5.11 Å². The summed E-state index contributed by atoms with van der Waals surface area (Å²) in [6.45, 7) is 0. The molecule has 0 spiro atoms. The molecule has 0 radical (unpaired) electrons. The van der Waals surface area contributed by atoms with Gasteiger partial charge in [-0.3, -0.25) is 9.59 Å². The van der Waals surface area contributed by atoms with E-state index in [9.17, 15) is 19.8 Å². The van der Waals surface area contributed by atoms with Gasteiger partial charge in [0.05, 0.1) is 5.56 Å². The van der Waals surface area contributed by atoms with E-state index >= 15 is 0 Å². The summed E-state index contributed by atoms with van der Waals surface area (Å²) in [7, 11) is 1.76. The number of phenolic OH excluding ortho intramolecular Hbond substituents is 2. The van der Waals surface area contributed by atoms with Gasteiger partial charge in [0, 0.05) is 24.9 Å². The lowest BCUT2D eigenvalue weighted by Crippen LogP contribution is -2.20. The van der Waals surface area contributed by atoms with Crippen LogP contribution in [0, 0.1) is 0 Å². The van der Waals surface area contributed by atoms with E-state index in [1.165, 1.54) is 12.1 Å². The predicted molar refractivity (Wildman–Crippen MR) is 97.5 cm³/mol. The van der Waals surface area contributed by atoms with Crippen LogP contribution in [-0.4, -0.2) is 34.1 Å². The molecule has 1 atom stereocenters. The molecular formula is C20H23NO5. The maximum Gasteiger partial charge on any atom is 0.303 e. The standard InChI is InChI=1S/C20H23NO5/c1-21-17(12-19(24)16-10-9-15(22)11-18(16)23)14-7-5-13(6-8-14)3-2-4-20(25)26/h5-11,17,21-23H,2-4,12H2,1H3,(H,25,26). The number of carboxylic acid groups (broad SMARTS) is 1. The van der Waals surface area contributed by atoms with Gasteiger partial charge in [-0.05, 0) is 43.1 Å². The molecule has 0 aromatic heterocycles. The summed E-state index contributed by atoms with van der Waals surface area (Å²) in [6.07, 6.45) is 1.58. The Morgan fingerprint density at radius 1 is 1.08 bits per heavy atom. The zero-order valence-electron chi connectivity index (χ0n) is 14.6. The summed E-state index contributed by atoms with van der Waals surface area (Å²) in [5.41, 5.74) is 2.15. The van der Waals surface area contributed by atoms with E-state index in [2.05, 4.69) is 5.32 Å². The van der Waals surface area contributed by atoms with E-state index < -0.39 is 5.97 Å². The van der Waals surface area contributed by atoms with Crippen molar-refractivity contribution < 1.29 is 24.9 Å². The third-order valence-electron chi connectivity index (χ3n) is 4.26. The largest absolute Gasteiger partial charge is 0.508 e. The fourth-order valence-corrected chi connectivity index (χ4v) is 2.80. The maximum atomic E-state index is 12.5. The van der Waals surface area contributed by atoms with Crippen LogP contribution >= 0.6 is 0 Å². The van der Waals surface area contributed by atoms with Crippen molar-refractivity contribution in [3.63, 3.8) is 0 Å². The fourth-order valence-electron chi connectivity index (χ4n) is 2.80. The number of carbonyl (C=O) groups excluding carboxylic acids is 1. The molecule has 0 saturated carbocycles. The second-order valence-electron chi connectivity index (χ2n) is 6.16. The number of phenols is 2. The minimum atomic E-state index is -0.798. The molecule has 0 aliphatic rings. The first-order valence-electron chi connectivity index (χ1n) is 8.43. The first-order valence-corrected chi connectivity index (χ1v) is 8.43. The van der Waals surface area contributed by atoms with Crippen molar-refractivity contribution in [1.29, 1.82) is 0 Å². The van der Waals surface area contributed by atoms with Gasteiger partial charge in [0.2, 0.25) is 0 Å². The molecule has 26 heavy (non-hydrogen) atoms. The highest BCUT2D eigenvalue weighted by Gasteiger charge is 2.18. The molecule has 0 bridgehead atoms. The molecule has 0 amide bonds.